The van der Waals surface area contributed by atoms with Crippen molar-refractivity contribution in [2.45, 2.75) is 77.1 Å². The van der Waals surface area contributed by atoms with Gasteiger partial charge in [0.1, 0.15) is 12.5 Å². The van der Waals surface area contributed by atoms with Gasteiger partial charge in [-0.3, -0.25) is 9.57 Å². The molecule has 0 aromatic heterocycles. The summed E-state index contributed by atoms with van der Waals surface area (Å²) in [5.74, 6) is 0.735. The number of hydrogen-bond acceptors (Lipinski definition) is 10. The predicted octanol–water partition coefficient (Wildman–Crippen LogP) is 11.5. The number of phenolic OH excluding ortho intramolecular Hbond substituents is 1. The van der Waals surface area contributed by atoms with Gasteiger partial charge in [0.15, 0.2) is 17.8 Å². The number of amides is 2. The lowest BCUT2D eigenvalue weighted by atomic mass is 9.98. The molecule has 1 saturated heterocycles. The molecule has 1 aliphatic rings. The molecule has 0 radical (unpaired) electrons. The number of para-hydroxylation sites is 1. The van der Waals surface area contributed by atoms with Crippen LogP contribution in [-0.4, -0.2) is 79.7 Å². The first-order valence-electron chi connectivity index (χ1n) is 23.1. The maximum atomic E-state index is 15.8. The van der Waals surface area contributed by atoms with Crippen LogP contribution in [0.2, 0.25) is 25.7 Å². The third-order valence-electron chi connectivity index (χ3n) is 11.7. The standard InChI is InChI=1S/C54H64N3O9PSi/c1-61-52-34-47(29-30-50(52)58)36-56-49(33-43-19-9-5-10-20-43)53(63-41-62-31-32-68(2,3)4)38-55(35-44-21-11-6-12-22-44)57(54(56)59)37-48-27-17-18-28-51(48)64-42-67(60,65-39-45-23-13-7-14-24-45)66-40-46-25-15-8-16-26-46/h5-30,34,49,53,58H,31-33,35-42H2,1-4H3. The molecule has 6 aromatic carbocycles. The molecular formula is C54H64N3O9PSi. The van der Waals surface area contributed by atoms with E-state index in [1.54, 1.807) is 29.3 Å². The van der Waals surface area contributed by atoms with Crippen LogP contribution in [0.3, 0.4) is 0 Å². The van der Waals surface area contributed by atoms with E-state index in [4.69, 9.17) is 28.0 Å². The lowest BCUT2D eigenvalue weighted by molar-refractivity contribution is -0.118. The molecule has 0 aliphatic carbocycles. The summed E-state index contributed by atoms with van der Waals surface area (Å²) >= 11 is 0. The molecule has 1 fully saturated rings. The summed E-state index contributed by atoms with van der Waals surface area (Å²) in [4.78, 5) is 17.7. The Hall–Kier alpha value is -5.76. The largest absolute Gasteiger partial charge is 0.504 e. The quantitative estimate of drug-likeness (QED) is 0.0272. The van der Waals surface area contributed by atoms with Crippen LogP contribution in [0.4, 0.5) is 4.79 Å². The summed E-state index contributed by atoms with van der Waals surface area (Å²) in [6, 6.07) is 52.1. The number of carbonyl (C=O) groups excluding carboxylic acids is 1. The molecule has 1 N–H and O–H groups in total. The van der Waals surface area contributed by atoms with Gasteiger partial charge in [-0.25, -0.2) is 9.80 Å². The van der Waals surface area contributed by atoms with Crippen molar-refractivity contribution in [2.75, 3.05) is 33.4 Å². The van der Waals surface area contributed by atoms with Gasteiger partial charge in [-0.15, -0.1) is 0 Å². The monoisotopic (exact) mass is 957 g/mol. The van der Waals surface area contributed by atoms with Crippen LogP contribution in [0.25, 0.3) is 0 Å². The van der Waals surface area contributed by atoms with E-state index in [0.29, 0.717) is 43.2 Å². The Morgan fingerprint density at radius 2 is 1.24 bits per heavy atom. The number of benzene rings is 6. The lowest BCUT2D eigenvalue weighted by Gasteiger charge is -2.37. The fourth-order valence-corrected chi connectivity index (χ4v) is 9.85. The Morgan fingerprint density at radius 1 is 0.662 bits per heavy atom. The number of aromatic hydroxyl groups is 1. The third kappa shape index (κ3) is 14.9. The normalized spacial score (nSPS) is 15.9. The molecule has 2 atom stereocenters. The minimum absolute atomic E-state index is 0.00343. The van der Waals surface area contributed by atoms with E-state index in [0.717, 1.165) is 33.9 Å². The molecule has 2 unspecified atom stereocenters. The molecule has 0 saturated carbocycles. The van der Waals surface area contributed by atoms with Crippen LogP contribution in [0.5, 0.6) is 17.2 Å². The van der Waals surface area contributed by atoms with E-state index >= 15 is 4.79 Å². The summed E-state index contributed by atoms with van der Waals surface area (Å²) in [7, 11) is -3.73. The number of phenols is 1. The van der Waals surface area contributed by atoms with Gasteiger partial charge in [0, 0.05) is 39.9 Å². The fourth-order valence-electron chi connectivity index (χ4n) is 7.88. The van der Waals surface area contributed by atoms with Crippen molar-refractivity contribution in [3.8, 4) is 17.2 Å². The van der Waals surface area contributed by atoms with Crippen molar-refractivity contribution in [1.29, 1.82) is 0 Å². The summed E-state index contributed by atoms with van der Waals surface area (Å²) < 4.78 is 51.7. The number of urea groups is 1. The van der Waals surface area contributed by atoms with Crippen LogP contribution in [-0.2, 0) is 62.4 Å². The van der Waals surface area contributed by atoms with E-state index in [-0.39, 0.29) is 51.2 Å². The van der Waals surface area contributed by atoms with Crippen molar-refractivity contribution in [3.63, 3.8) is 0 Å². The highest BCUT2D eigenvalue weighted by molar-refractivity contribution is 7.53. The van der Waals surface area contributed by atoms with E-state index in [9.17, 15) is 9.67 Å². The molecular weight excluding hydrogens is 894 g/mol. The van der Waals surface area contributed by atoms with E-state index < -0.39 is 27.8 Å². The summed E-state index contributed by atoms with van der Waals surface area (Å²) in [6.07, 6.45) is -0.387. The smallest absolute Gasteiger partial charge is 0.368 e. The zero-order chi connectivity index (χ0) is 47.8. The second kappa shape index (κ2) is 24.5. The van der Waals surface area contributed by atoms with Gasteiger partial charge in [0.2, 0.25) is 0 Å². The molecule has 358 valence electrons. The van der Waals surface area contributed by atoms with Gasteiger partial charge in [-0.05, 0) is 58.5 Å². The van der Waals surface area contributed by atoms with Gasteiger partial charge in [0.25, 0.3) is 0 Å². The molecule has 0 bridgehead atoms. The first-order valence-corrected chi connectivity index (χ1v) is 28.5. The number of rotatable bonds is 24. The average molecular weight is 958 g/mol. The molecule has 0 spiro atoms. The topological polar surface area (TPSA) is 119 Å². The molecule has 7 rings (SSSR count). The highest BCUT2D eigenvalue weighted by Crippen LogP contribution is 2.50. The van der Waals surface area contributed by atoms with Gasteiger partial charge in [-0.1, -0.05) is 165 Å². The predicted molar refractivity (Wildman–Crippen MR) is 268 cm³/mol. The van der Waals surface area contributed by atoms with Crippen LogP contribution in [0.1, 0.15) is 33.4 Å². The Bertz CT molecular complexity index is 2470. The zero-order valence-electron chi connectivity index (χ0n) is 39.5. The first-order chi connectivity index (χ1) is 32.9. The van der Waals surface area contributed by atoms with E-state index in [2.05, 4.69) is 31.8 Å². The SMILES string of the molecule is COc1cc(CN2C(=O)N(Cc3ccccc3OCP(=O)(OCc3ccccc3)OCc3ccccc3)N(Cc3ccccc3)CC(OCOCC[Si](C)(C)C)C2Cc2ccccc2)ccc1O. The van der Waals surface area contributed by atoms with Crippen LogP contribution in [0, 0.1) is 0 Å². The first kappa shape index (κ1) is 50.1. The minimum Gasteiger partial charge on any atom is -0.504 e. The number of hydrogen-bond donors (Lipinski definition) is 1. The third-order valence-corrected chi connectivity index (χ3v) is 14.9. The minimum atomic E-state index is -3.87. The highest BCUT2D eigenvalue weighted by atomic mass is 31.2. The maximum absolute atomic E-state index is 15.8. The lowest BCUT2D eigenvalue weighted by Crippen LogP contribution is -2.51. The van der Waals surface area contributed by atoms with Crippen molar-refractivity contribution < 1.29 is 42.5 Å². The molecule has 1 heterocycles. The second-order valence-corrected chi connectivity index (χ2v) is 25.7. The number of ether oxygens (including phenoxy) is 4. The molecule has 2 amide bonds. The Kier molecular flexibility index (Phi) is 18.1. The van der Waals surface area contributed by atoms with E-state index in [1.807, 2.05) is 137 Å². The molecule has 14 heteroatoms. The second-order valence-electron chi connectivity index (χ2n) is 18.1. The van der Waals surface area contributed by atoms with Crippen molar-refractivity contribution in [1.82, 2.24) is 14.9 Å². The Morgan fingerprint density at radius 3 is 1.84 bits per heavy atom. The molecule has 1 aliphatic heterocycles. The van der Waals surface area contributed by atoms with Gasteiger partial charge < -0.3 is 38.0 Å². The maximum Gasteiger partial charge on any atom is 0.368 e. The number of methoxy groups -OCH3 is 1. The summed E-state index contributed by atoms with van der Waals surface area (Å²) in [5.41, 5.74) is 5.17. The van der Waals surface area contributed by atoms with Crippen molar-refractivity contribution >= 4 is 21.7 Å². The summed E-state index contributed by atoms with van der Waals surface area (Å²) in [6.45, 7) is 8.72. The van der Waals surface area contributed by atoms with Gasteiger partial charge in [-0.2, -0.15) is 0 Å². The van der Waals surface area contributed by atoms with Gasteiger partial charge in [0.05, 0.1) is 39.0 Å². The molecule has 12 nitrogen and oxygen atoms in total. The van der Waals surface area contributed by atoms with Gasteiger partial charge >= 0.3 is 13.6 Å². The zero-order valence-corrected chi connectivity index (χ0v) is 41.4. The summed E-state index contributed by atoms with van der Waals surface area (Å²) in [5, 5.41) is 14.4. The number of nitrogens with zero attached hydrogens (tertiary/aromatic N) is 3. The number of hydrazine groups is 1. The molecule has 6 aromatic rings. The molecule has 68 heavy (non-hydrogen) atoms. The average Bonchev–Trinajstić information content (AvgIpc) is 3.44. The Balaban J connectivity index is 1.24. The fraction of sp³-hybridized carbons (Fsp3) is 0.315. The number of carbonyl (C=O) groups is 1. The van der Waals surface area contributed by atoms with Crippen molar-refractivity contribution in [2.24, 2.45) is 0 Å². The highest BCUT2D eigenvalue weighted by Gasteiger charge is 2.42. The van der Waals surface area contributed by atoms with Crippen LogP contribution >= 0.6 is 7.60 Å². The van der Waals surface area contributed by atoms with Crippen molar-refractivity contribution in [3.05, 3.63) is 197 Å². The Labute approximate surface area is 402 Å². The van der Waals surface area contributed by atoms with E-state index in [1.165, 1.54) is 7.11 Å². The van der Waals surface area contributed by atoms with Crippen LogP contribution in [0.15, 0.2) is 164 Å². The van der Waals surface area contributed by atoms with Crippen LogP contribution < -0.4 is 9.47 Å².